The summed E-state index contributed by atoms with van der Waals surface area (Å²) in [7, 11) is 0. The molecule has 0 radical (unpaired) electrons. The Labute approximate surface area is 212 Å². The first kappa shape index (κ1) is 23.7. The summed E-state index contributed by atoms with van der Waals surface area (Å²) in [6.07, 6.45) is 1.79. The second-order valence-electron chi connectivity index (χ2n) is 9.60. The van der Waals surface area contributed by atoms with Crippen LogP contribution in [0.4, 0.5) is 0 Å². The fraction of sp³-hybridized carbons (Fsp3) is 0.300. The highest BCUT2D eigenvalue weighted by atomic mass is 35.5. The number of para-hydroxylation sites is 1. The van der Waals surface area contributed by atoms with Crippen LogP contribution in [0.2, 0.25) is 5.02 Å². The van der Waals surface area contributed by atoms with Crippen molar-refractivity contribution in [1.29, 1.82) is 0 Å². The number of aromatic nitrogens is 1. The van der Waals surface area contributed by atoms with Gasteiger partial charge in [-0.1, -0.05) is 72.3 Å². The number of likely N-dealkylation sites (tertiary alicyclic amines) is 1. The highest BCUT2D eigenvalue weighted by Gasteiger charge is 2.26. The van der Waals surface area contributed by atoms with E-state index in [0.717, 1.165) is 49.6 Å². The van der Waals surface area contributed by atoms with Crippen molar-refractivity contribution in [2.24, 2.45) is 5.92 Å². The number of carbonyl (C=O) groups excluding carboxylic acids is 1. The standard InChI is InChI=1S/C30H32ClN3O/c1-22(24-7-3-2-4-8-24)32-30(35)25-15-17-33(18-16-25)21-28-19-26-9-5-6-10-29(26)34(28)20-23-11-13-27(31)14-12-23/h2-14,19,22,25H,15-18,20-21H2,1H3,(H,32,35)/t22-/m1/s1. The summed E-state index contributed by atoms with van der Waals surface area (Å²) < 4.78 is 2.42. The topological polar surface area (TPSA) is 37.3 Å². The van der Waals surface area contributed by atoms with Crippen LogP contribution >= 0.6 is 11.6 Å². The Morgan fingerprint density at radius 3 is 2.37 bits per heavy atom. The van der Waals surface area contributed by atoms with Gasteiger partial charge in [-0.3, -0.25) is 9.69 Å². The summed E-state index contributed by atoms with van der Waals surface area (Å²) in [5.41, 5.74) is 4.94. The second-order valence-corrected chi connectivity index (χ2v) is 10.0. The smallest absolute Gasteiger partial charge is 0.223 e. The van der Waals surface area contributed by atoms with E-state index in [1.54, 1.807) is 0 Å². The van der Waals surface area contributed by atoms with Gasteiger partial charge < -0.3 is 9.88 Å². The lowest BCUT2D eigenvalue weighted by Gasteiger charge is -2.32. The molecule has 1 aliphatic heterocycles. The van der Waals surface area contributed by atoms with E-state index in [9.17, 15) is 4.79 Å². The van der Waals surface area contributed by atoms with Crippen LogP contribution in [0.15, 0.2) is 84.9 Å². The Morgan fingerprint density at radius 1 is 0.943 bits per heavy atom. The quantitative estimate of drug-likeness (QED) is 0.327. The van der Waals surface area contributed by atoms with E-state index in [0.29, 0.717) is 0 Å². The molecule has 2 heterocycles. The minimum atomic E-state index is 0.0327. The Kier molecular flexibility index (Phi) is 7.21. The van der Waals surface area contributed by atoms with Crippen LogP contribution < -0.4 is 5.32 Å². The van der Waals surface area contributed by atoms with Gasteiger partial charge in [0.1, 0.15) is 0 Å². The van der Waals surface area contributed by atoms with Crippen molar-refractivity contribution in [3.05, 3.63) is 107 Å². The van der Waals surface area contributed by atoms with Crippen molar-refractivity contribution in [2.75, 3.05) is 13.1 Å². The van der Waals surface area contributed by atoms with Crippen molar-refractivity contribution in [3.63, 3.8) is 0 Å². The van der Waals surface area contributed by atoms with E-state index in [-0.39, 0.29) is 17.9 Å². The van der Waals surface area contributed by atoms with E-state index < -0.39 is 0 Å². The zero-order valence-electron chi connectivity index (χ0n) is 20.2. The third-order valence-electron chi connectivity index (χ3n) is 7.15. The number of hydrogen-bond donors (Lipinski definition) is 1. The monoisotopic (exact) mass is 485 g/mol. The van der Waals surface area contributed by atoms with Crippen LogP contribution in [-0.4, -0.2) is 28.5 Å². The molecule has 5 heteroatoms. The second kappa shape index (κ2) is 10.7. The lowest BCUT2D eigenvalue weighted by Crippen LogP contribution is -2.41. The lowest BCUT2D eigenvalue weighted by molar-refractivity contribution is -0.127. The van der Waals surface area contributed by atoms with Crippen molar-refractivity contribution < 1.29 is 4.79 Å². The summed E-state index contributed by atoms with van der Waals surface area (Å²) in [6, 6.07) is 29.2. The van der Waals surface area contributed by atoms with Crippen LogP contribution in [0.3, 0.4) is 0 Å². The van der Waals surface area contributed by atoms with E-state index >= 15 is 0 Å². The number of amides is 1. The van der Waals surface area contributed by atoms with Crippen LogP contribution in [0.25, 0.3) is 10.9 Å². The van der Waals surface area contributed by atoms with Crippen molar-refractivity contribution in [1.82, 2.24) is 14.8 Å². The molecule has 5 rings (SSSR count). The summed E-state index contributed by atoms with van der Waals surface area (Å²) in [4.78, 5) is 15.4. The minimum Gasteiger partial charge on any atom is -0.349 e. The molecule has 0 saturated carbocycles. The average molecular weight is 486 g/mol. The number of piperidine rings is 1. The zero-order valence-corrected chi connectivity index (χ0v) is 20.9. The molecule has 4 aromatic rings. The largest absolute Gasteiger partial charge is 0.349 e. The van der Waals surface area contributed by atoms with Crippen LogP contribution in [0.5, 0.6) is 0 Å². The van der Waals surface area contributed by atoms with Gasteiger partial charge in [-0.2, -0.15) is 0 Å². The number of nitrogens with one attached hydrogen (secondary N) is 1. The number of halogens is 1. The highest BCUT2D eigenvalue weighted by Crippen LogP contribution is 2.26. The number of carbonyl (C=O) groups is 1. The molecular formula is C30H32ClN3O. The van der Waals surface area contributed by atoms with E-state index in [4.69, 9.17) is 11.6 Å². The third-order valence-corrected chi connectivity index (χ3v) is 7.40. The van der Waals surface area contributed by atoms with Gasteiger partial charge in [0.05, 0.1) is 6.04 Å². The van der Waals surface area contributed by atoms with Gasteiger partial charge in [0.2, 0.25) is 5.91 Å². The Morgan fingerprint density at radius 2 is 1.63 bits per heavy atom. The summed E-state index contributed by atoms with van der Waals surface area (Å²) in [5.74, 6) is 0.259. The molecule has 1 fully saturated rings. The maximum absolute atomic E-state index is 12.9. The van der Waals surface area contributed by atoms with E-state index in [1.165, 1.54) is 22.2 Å². The molecule has 1 saturated heterocycles. The predicted molar refractivity (Wildman–Crippen MR) is 143 cm³/mol. The molecule has 4 nitrogen and oxygen atoms in total. The van der Waals surface area contributed by atoms with Gasteiger partial charge in [0.25, 0.3) is 0 Å². The van der Waals surface area contributed by atoms with E-state index in [2.05, 4.69) is 76.3 Å². The molecule has 180 valence electrons. The first-order valence-electron chi connectivity index (χ1n) is 12.5. The Bertz CT molecular complexity index is 1270. The van der Waals surface area contributed by atoms with Crippen molar-refractivity contribution in [2.45, 2.75) is 38.9 Å². The van der Waals surface area contributed by atoms with Gasteiger partial charge in [-0.15, -0.1) is 0 Å². The fourth-order valence-corrected chi connectivity index (χ4v) is 5.22. The number of fused-ring (bicyclic) bond motifs is 1. The number of nitrogens with zero attached hydrogens (tertiary/aromatic N) is 2. The molecule has 0 spiro atoms. The van der Waals surface area contributed by atoms with Gasteiger partial charge in [-0.25, -0.2) is 0 Å². The maximum Gasteiger partial charge on any atom is 0.223 e. The molecule has 1 aromatic heterocycles. The summed E-state index contributed by atoms with van der Waals surface area (Å²) in [5, 5.41) is 5.24. The first-order valence-corrected chi connectivity index (χ1v) is 12.8. The molecule has 1 N–H and O–H groups in total. The maximum atomic E-state index is 12.9. The van der Waals surface area contributed by atoms with Crippen LogP contribution in [0, 0.1) is 5.92 Å². The normalized spacial score (nSPS) is 15.8. The van der Waals surface area contributed by atoms with Crippen LogP contribution in [-0.2, 0) is 17.9 Å². The first-order chi connectivity index (χ1) is 17.1. The molecule has 0 bridgehead atoms. The molecule has 0 unspecified atom stereocenters. The van der Waals surface area contributed by atoms with Gasteiger partial charge >= 0.3 is 0 Å². The van der Waals surface area contributed by atoms with Gasteiger partial charge in [-0.05, 0) is 73.6 Å². The molecule has 1 atom stereocenters. The zero-order chi connectivity index (χ0) is 24.2. The predicted octanol–water partition coefficient (Wildman–Crippen LogP) is 6.43. The number of rotatable bonds is 7. The molecule has 3 aromatic carbocycles. The summed E-state index contributed by atoms with van der Waals surface area (Å²) in [6.45, 7) is 5.62. The Balaban J connectivity index is 1.23. The summed E-state index contributed by atoms with van der Waals surface area (Å²) >= 11 is 6.10. The van der Waals surface area contributed by atoms with Gasteiger partial charge in [0.15, 0.2) is 0 Å². The minimum absolute atomic E-state index is 0.0327. The van der Waals surface area contributed by atoms with Crippen molar-refractivity contribution >= 4 is 28.4 Å². The van der Waals surface area contributed by atoms with E-state index in [1.807, 2.05) is 30.3 Å². The third kappa shape index (κ3) is 5.61. The van der Waals surface area contributed by atoms with Crippen molar-refractivity contribution in [3.8, 4) is 0 Å². The number of benzene rings is 3. The average Bonchev–Trinajstić information content (AvgIpc) is 3.23. The van der Waals surface area contributed by atoms with Crippen LogP contribution in [0.1, 0.15) is 42.6 Å². The molecular weight excluding hydrogens is 454 g/mol. The molecule has 35 heavy (non-hydrogen) atoms. The number of hydrogen-bond acceptors (Lipinski definition) is 2. The van der Waals surface area contributed by atoms with Gasteiger partial charge in [0, 0.05) is 35.2 Å². The Hall–Kier alpha value is -3.08. The molecule has 0 aliphatic carbocycles. The highest BCUT2D eigenvalue weighted by molar-refractivity contribution is 6.30. The molecule has 1 amide bonds. The fourth-order valence-electron chi connectivity index (χ4n) is 5.10. The SMILES string of the molecule is C[C@@H](NC(=O)C1CCN(Cc2cc3ccccc3n2Cc2ccc(Cl)cc2)CC1)c1ccccc1. The molecule has 1 aliphatic rings. The lowest BCUT2D eigenvalue weighted by atomic mass is 9.95.